The van der Waals surface area contributed by atoms with Gasteiger partial charge in [0.25, 0.3) is 5.91 Å². The van der Waals surface area contributed by atoms with Crippen molar-refractivity contribution < 1.29 is 22.7 Å². The fraction of sp³-hybridized carbons (Fsp3) is 0.545. The molecule has 31 heavy (non-hydrogen) atoms. The van der Waals surface area contributed by atoms with E-state index in [-0.39, 0.29) is 29.8 Å². The summed E-state index contributed by atoms with van der Waals surface area (Å²) in [6.45, 7) is 2.65. The van der Waals surface area contributed by atoms with Crippen molar-refractivity contribution in [3.05, 3.63) is 41.6 Å². The number of likely N-dealkylation sites (tertiary alicyclic amines) is 1. The molecule has 0 unspecified atom stereocenters. The number of carbonyl (C=O) groups is 1. The lowest BCUT2D eigenvalue weighted by molar-refractivity contribution is -0.173. The predicted molar refractivity (Wildman–Crippen MR) is 110 cm³/mol. The third-order valence-corrected chi connectivity index (χ3v) is 6.35. The highest BCUT2D eigenvalue weighted by molar-refractivity contribution is 5.99. The maximum atomic E-state index is 13.9. The lowest BCUT2D eigenvalue weighted by Gasteiger charge is -2.37. The van der Waals surface area contributed by atoms with Crippen LogP contribution in [0.3, 0.4) is 0 Å². The van der Waals surface area contributed by atoms with Crippen molar-refractivity contribution in [1.29, 1.82) is 0 Å². The largest absolute Gasteiger partial charge is 0.497 e. The average molecular weight is 436 g/mol. The number of aromatic nitrogens is 2. The zero-order chi connectivity index (χ0) is 22.2. The summed E-state index contributed by atoms with van der Waals surface area (Å²) in [5, 5.41) is 7.16. The molecule has 1 N–H and O–H groups in total. The van der Waals surface area contributed by atoms with Crippen LogP contribution in [-0.2, 0) is 0 Å². The first-order chi connectivity index (χ1) is 14.8. The van der Waals surface area contributed by atoms with Gasteiger partial charge in [-0.15, -0.1) is 0 Å². The summed E-state index contributed by atoms with van der Waals surface area (Å²) < 4.78 is 47.8. The Morgan fingerprint density at radius 2 is 2.00 bits per heavy atom. The topological polar surface area (TPSA) is 59.4 Å². The Morgan fingerprint density at radius 3 is 2.65 bits per heavy atom. The molecule has 1 aromatic carbocycles. The van der Waals surface area contributed by atoms with E-state index in [1.165, 1.54) is 13.3 Å². The van der Waals surface area contributed by atoms with Gasteiger partial charge in [-0.3, -0.25) is 4.79 Å². The van der Waals surface area contributed by atoms with Gasteiger partial charge in [0.05, 0.1) is 19.3 Å². The van der Waals surface area contributed by atoms with Crippen LogP contribution in [0.5, 0.6) is 5.75 Å². The zero-order valence-electron chi connectivity index (χ0n) is 17.7. The molecule has 3 heterocycles. The number of anilines is 1. The first-order valence-corrected chi connectivity index (χ1v) is 10.7. The van der Waals surface area contributed by atoms with Crippen molar-refractivity contribution in [3.63, 3.8) is 0 Å². The number of methoxy groups -OCH3 is 1. The number of amides is 1. The van der Waals surface area contributed by atoms with Gasteiger partial charge in [-0.1, -0.05) is 19.1 Å². The van der Waals surface area contributed by atoms with Crippen molar-refractivity contribution in [2.24, 2.45) is 0 Å². The summed E-state index contributed by atoms with van der Waals surface area (Å²) in [5.74, 6) is 0.514. The number of nitrogens with one attached hydrogen (secondary N) is 1. The molecule has 1 aromatic heterocycles. The number of nitrogens with zero attached hydrogens (tertiary/aromatic N) is 3. The van der Waals surface area contributed by atoms with E-state index >= 15 is 0 Å². The van der Waals surface area contributed by atoms with Crippen molar-refractivity contribution in [3.8, 4) is 5.75 Å². The van der Waals surface area contributed by atoms with Crippen molar-refractivity contribution in [2.75, 3.05) is 19.0 Å². The van der Waals surface area contributed by atoms with E-state index in [0.29, 0.717) is 17.9 Å². The molecule has 9 heteroatoms. The molecular weight excluding hydrogens is 409 g/mol. The fourth-order valence-electron chi connectivity index (χ4n) is 4.62. The third-order valence-electron chi connectivity index (χ3n) is 6.35. The Labute approximate surface area is 179 Å². The van der Waals surface area contributed by atoms with Gasteiger partial charge >= 0.3 is 6.18 Å². The standard InChI is InChI=1S/C22H27F3N4O2/c1-3-15-6-4-5-11-28(15)21(30)17-13-26-29-19(22(23,24)25)12-18(27-20(17)29)14-7-9-16(31-2)10-8-14/h7-10,13,15,18-19,27H,3-6,11-12H2,1-2H3/t15-,18+,19-/m1/s1. The second-order valence-electron chi connectivity index (χ2n) is 8.17. The van der Waals surface area contributed by atoms with Crippen molar-refractivity contribution in [2.45, 2.75) is 63.3 Å². The van der Waals surface area contributed by atoms with E-state index in [1.54, 1.807) is 29.2 Å². The van der Waals surface area contributed by atoms with Crippen molar-refractivity contribution in [1.82, 2.24) is 14.7 Å². The lowest BCUT2D eigenvalue weighted by atomic mass is 9.96. The number of hydrogen-bond donors (Lipinski definition) is 1. The van der Waals surface area contributed by atoms with Gasteiger partial charge in [-0.05, 0) is 43.4 Å². The Balaban J connectivity index is 1.69. The van der Waals surface area contributed by atoms with E-state index in [1.807, 2.05) is 6.92 Å². The summed E-state index contributed by atoms with van der Waals surface area (Å²) in [6.07, 6.45) is 0.285. The number of alkyl halides is 3. The molecule has 2 aromatic rings. The van der Waals surface area contributed by atoms with E-state index in [9.17, 15) is 18.0 Å². The average Bonchev–Trinajstić information content (AvgIpc) is 3.21. The highest BCUT2D eigenvalue weighted by atomic mass is 19.4. The van der Waals surface area contributed by atoms with E-state index in [2.05, 4.69) is 10.4 Å². The molecule has 0 saturated carbocycles. The number of halogens is 3. The second-order valence-corrected chi connectivity index (χ2v) is 8.17. The van der Waals surface area contributed by atoms with Gasteiger partial charge in [0.1, 0.15) is 17.1 Å². The number of rotatable bonds is 4. The highest BCUT2D eigenvalue weighted by Gasteiger charge is 2.47. The summed E-state index contributed by atoms with van der Waals surface area (Å²) in [7, 11) is 1.54. The van der Waals surface area contributed by atoms with Crippen LogP contribution in [0, 0.1) is 0 Å². The molecule has 168 valence electrons. The maximum Gasteiger partial charge on any atom is 0.410 e. The Kier molecular flexibility index (Phi) is 5.85. The Hall–Kier alpha value is -2.71. The molecule has 0 bridgehead atoms. The maximum absolute atomic E-state index is 13.9. The first-order valence-electron chi connectivity index (χ1n) is 10.7. The molecule has 1 saturated heterocycles. The van der Waals surface area contributed by atoms with Crippen LogP contribution in [0.15, 0.2) is 30.5 Å². The predicted octanol–water partition coefficient (Wildman–Crippen LogP) is 4.96. The van der Waals surface area contributed by atoms with Crippen LogP contribution >= 0.6 is 0 Å². The molecule has 1 fully saturated rings. The number of piperidine rings is 1. The molecule has 4 rings (SSSR count). The number of carbonyl (C=O) groups excluding carboxylic acids is 1. The molecule has 3 atom stereocenters. The molecular formula is C22H27F3N4O2. The van der Waals surface area contributed by atoms with Gasteiger partial charge in [-0.2, -0.15) is 18.3 Å². The molecule has 0 radical (unpaired) electrons. The Bertz CT molecular complexity index is 926. The summed E-state index contributed by atoms with van der Waals surface area (Å²) in [6, 6.07) is 4.63. The molecule has 0 aliphatic carbocycles. The summed E-state index contributed by atoms with van der Waals surface area (Å²) >= 11 is 0. The van der Waals surface area contributed by atoms with Gasteiger partial charge in [0.2, 0.25) is 0 Å². The van der Waals surface area contributed by atoms with Crippen LogP contribution in [0.25, 0.3) is 0 Å². The SMILES string of the molecule is CC[C@@H]1CCCCN1C(=O)c1cnn2c1N[C@H](c1ccc(OC)cc1)C[C@@H]2C(F)(F)F. The van der Waals surface area contributed by atoms with Crippen LogP contribution in [0.1, 0.15) is 67.0 Å². The van der Waals surface area contributed by atoms with Gasteiger partial charge < -0.3 is 15.0 Å². The van der Waals surface area contributed by atoms with Gasteiger partial charge in [-0.25, -0.2) is 4.68 Å². The third kappa shape index (κ3) is 4.09. The monoisotopic (exact) mass is 436 g/mol. The molecule has 2 aliphatic rings. The molecule has 0 spiro atoms. The molecule has 2 aliphatic heterocycles. The number of ether oxygens (including phenoxy) is 1. The van der Waals surface area contributed by atoms with Crippen LogP contribution in [-0.4, -0.2) is 46.5 Å². The fourth-order valence-corrected chi connectivity index (χ4v) is 4.62. The Morgan fingerprint density at radius 1 is 1.26 bits per heavy atom. The van der Waals surface area contributed by atoms with Crippen LogP contribution in [0.4, 0.5) is 19.0 Å². The molecule has 6 nitrogen and oxygen atoms in total. The minimum atomic E-state index is -4.48. The second kappa shape index (κ2) is 8.43. The van der Waals surface area contributed by atoms with Gasteiger partial charge in [0, 0.05) is 19.0 Å². The van der Waals surface area contributed by atoms with E-state index in [0.717, 1.165) is 30.4 Å². The van der Waals surface area contributed by atoms with Crippen LogP contribution in [0.2, 0.25) is 0 Å². The highest BCUT2D eigenvalue weighted by Crippen LogP contribution is 2.44. The first kappa shape index (κ1) is 21.5. The van der Waals surface area contributed by atoms with Gasteiger partial charge in [0.15, 0.2) is 6.04 Å². The number of hydrogen-bond acceptors (Lipinski definition) is 4. The quantitative estimate of drug-likeness (QED) is 0.736. The smallest absolute Gasteiger partial charge is 0.410 e. The van der Waals surface area contributed by atoms with E-state index in [4.69, 9.17) is 4.74 Å². The number of benzene rings is 1. The lowest BCUT2D eigenvalue weighted by Crippen LogP contribution is -2.44. The number of fused-ring (bicyclic) bond motifs is 1. The minimum Gasteiger partial charge on any atom is -0.497 e. The summed E-state index contributed by atoms with van der Waals surface area (Å²) in [5.41, 5.74) is 0.901. The van der Waals surface area contributed by atoms with Crippen LogP contribution < -0.4 is 10.1 Å². The minimum absolute atomic E-state index is 0.108. The summed E-state index contributed by atoms with van der Waals surface area (Å²) in [4.78, 5) is 15.1. The normalized spacial score (nSPS) is 23.8. The zero-order valence-corrected chi connectivity index (χ0v) is 17.7. The molecule has 1 amide bonds. The van der Waals surface area contributed by atoms with E-state index < -0.39 is 18.3 Å². The van der Waals surface area contributed by atoms with Crippen molar-refractivity contribution >= 4 is 11.7 Å².